The van der Waals surface area contributed by atoms with Crippen LogP contribution >= 0.6 is 0 Å². The molecule has 0 bridgehead atoms. The molecule has 7 aromatic rings. The topological polar surface area (TPSA) is 251 Å². The lowest BCUT2D eigenvalue weighted by atomic mass is 10.1. The van der Waals surface area contributed by atoms with Crippen LogP contribution in [0.3, 0.4) is 0 Å². The molecule has 0 aliphatic rings. The first-order chi connectivity index (χ1) is 27.0. The fourth-order valence-corrected chi connectivity index (χ4v) is 5.87. The highest BCUT2D eigenvalue weighted by Gasteiger charge is 2.27. The molecule has 0 amide bonds. The molecular formula is C36H34N16O4. The summed E-state index contributed by atoms with van der Waals surface area (Å²) in [5, 5.41) is 35.6. The Balaban J connectivity index is 1.20. The first kappa shape index (κ1) is 36.5. The molecule has 2 aromatic carbocycles. The second-order valence-corrected chi connectivity index (χ2v) is 12.2. The van der Waals surface area contributed by atoms with Crippen LogP contribution in [0.2, 0.25) is 0 Å². The standard InChI is InChI=1S/C36H34N16O4/c1-19-27(41-43-33-25(35(53)55-5)29(47-49(33)3)21-13-9-7-10-14-21)31(37)51(45-19)23-17-24(40-18-39-23)52-32(38)28(20(2)46-52)42-44-34-26(36(54)56-6)30(48-50(34)4)22-15-11-8-12-16-22/h7-18H,37-38H2,1-6H3. The molecule has 0 aliphatic carbocycles. The third kappa shape index (κ3) is 6.50. The molecule has 0 unspecified atom stereocenters. The van der Waals surface area contributed by atoms with Gasteiger partial charge in [-0.1, -0.05) is 60.7 Å². The van der Waals surface area contributed by atoms with Crippen molar-refractivity contribution in [2.45, 2.75) is 13.8 Å². The van der Waals surface area contributed by atoms with E-state index in [1.165, 1.54) is 39.3 Å². The van der Waals surface area contributed by atoms with E-state index < -0.39 is 11.9 Å². The third-order valence-corrected chi connectivity index (χ3v) is 8.60. The summed E-state index contributed by atoms with van der Waals surface area (Å²) < 4.78 is 15.7. The van der Waals surface area contributed by atoms with E-state index in [4.69, 9.17) is 20.9 Å². The number of nitrogen functional groups attached to an aromatic ring is 2. The molecule has 0 fully saturated rings. The van der Waals surface area contributed by atoms with E-state index in [0.717, 1.165) is 0 Å². The number of benzene rings is 2. The molecule has 0 spiro atoms. The predicted molar refractivity (Wildman–Crippen MR) is 203 cm³/mol. The first-order valence-corrected chi connectivity index (χ1v) is 16.8. The Labute approximate surface area is 318 Å². The average molecular weight is 755 g/mol. The molecule has 0 atom stereocenters. The number of azo groups is 2. The van der Waals surface area contributed by atoms with Gasteiger partial charge in [-0.3, -0.25) is 0 Å². The van der Waals surface area contributed by atoms with Gasteiger partial charge in [-0.2, -0.15) is 29.8 Å². The normalized spacial score (nSPS) is 11.5. The molecule has 4 N–H and O–H groups in total. The van der Waals surface area contributed by atoms with Crippen molar-refractivity contribution in [3.05, 3.63) is 95.6 Å². The van der Waals surface area contributed by atoms with E-state index >= 15 is 0 Å². The minimum Gasteiger partial charge on any atom is -0.465 e. The highest BCUT2D eigenvalue weighted by atomic mass is 16.5. The fourth-order valence-electron chi connectivity index (χ4n) is 5.87. The number of ether oxygens (including phenoxy) is 2. The quantitative estimate of drug-likeness (QED) is 0.123. The van der Waals surface area contributed by atoms with Gasteiger partial charge < -0.3 is 20.9 Å². The maximum atomic E-state index is 12.9. The number of hydrogen-bond acceptors (Lipinski definition) is 16. The van der Waals surface area contributed by atoms with E-state index in [2.05, 4.69) is 50.8 Å². The summed E-state index contributed by atoms with van der Waals surface area (Å²) in [6, 6.07) is 19.9. The van der Waals surface area contributed by atoms with E-state index in [-0.39, 0.29) is 57.4 Å². The Bertz CT molecular complexity index is 2490. The van der Waals surface area contributed by atoms with Crippen LogP contribution in [0.5, 0.6) is 0 Å². The Kier molecular flexibility index (Phi) is 9.67. The van der Waals surface area contributed by atoms with Gasteiger partial charge in [0.2, 0.25) is 0 Å². The number of aromatic nitrogens is 10. The number of hydrogen-bond donors (Lipinski definition) is 2. The number of carbonyl (C=O) groups excluding carboxylic acids is 2. The molecule has 5 heterocycles. The zero-order chi connectivity index (χ0) is 39.7. The molecule has 20 heteroatoms. The number of rotatable bonds is 10. The molecular weight excluding hydrogens is 721 g/mol. The highest BCUT2D eigenvalue weighted by Crippen LogP contribution is 2.37. The van der Waals surface area contributed by atoms with Gasteiger partial charge in [-0.05, 0) is 13.8 Å². The van der Waals surface area contributed by atoms with Crippen LogP contribution in [-0.2, 0) is 23.6 Å². The maximum absolute atomic E-state index is 12.9. The lowest BCUT2D eigenvalue weighted by Crippen LogP contribution is -2.09. The van der Waals surface area contributed by atoms with Crippen LogP contribution < -0.4 is 11.5 Å². The number of nitrogens with zero attached hydrogens (tertiary/aromatic N) is 14. The van der Waals surface area contributed by atoms with Crippen molar-refractivity contribution in [3.63, 3.8) is 0 Å². The van der Waals surface area contributed by atoms with Gasteiger partial charge in [-0.25, -0.2) is 28.9 Å². The van der Waals surface area contributed by atoms with Crippen molar-refractivity contribution in [2.75, 3.05) is 25.7 Å². The smallest absolute Gasteiger partial charge is 0.344 e. The zero-order valence-electron chi connectivity index (χ0n) is 31.0. The number of methoxy groups -OCH3 is 2. The molecule has 7 rings (SSSR count). The second-order valence-electron chi connectivity index (χ2n) is 12.2. The van der Waals surface area contributed by atoms with Crippen LogP contribution in [0, 0.1) is 13.8 Å². The Morgan fingerprint density at radius 3 is 1.38 bits per heavy atom. The monoisotopic (exact) mass is 754 g/mol. The minimum atomic E-state index is -0.627. The van der Waals surface area contributed by atoms with Crippen LogP contribution in [0.1, 0.15) is 32.1 Å². The van der Waals surface area contributed by atoms with Gasteiger partial charge in [0, 0.05) is 31.3 Å². The lowest BCUT2D eigenvalue weighted by Gasteiger charge is -2.06. The van der Waals surface area contributed by atoms with Gasteiger partial charge in [0.25, 0.3) is 0 Å². The van der Waals surface area contributed by atoms with Gasteiger partial charge >= 0.3 is 11.9 Å². The SMILES string of the molecule is COC(=O)c1c(-c2ccccc2)nn(C)c1N=Nc1c(C)nn(-c2cc(-n3nc(C)c(N=Nc4c(C(=O)OC)c(-c5ccccc5)nn4C)c3N)ncn2)c1N. The number of anilines is 2. The van der Waals surface area contributed by atoms with Crippen LogP contribution in [0.25, 0.3) is 34.2 Å². The van der Waals surface area contributed by atoms with Gasteiger partial charge in [0.05, 0.1) is 25.6 Å². The number of carbonyl (C=O) groups is 2. The number of esters is 2. The summed E-state index contributed by atoms with van der Waals surface area (Å²) >= 11 is 0. The predicted octanol–water partition coefficient (Wildman–Crippen LogP) is 5.83. The summed E-state index contributed by atoms with van der Waals surface area (Å²) in [5.74, 6) is -0.200. The largest absolute Gasteiger partial charge is 0.465 e. The number of aryl methyl sites for hydroxylation is 4. The zero-order valence-corrected chi connectivity index (χ0v) is 31.0. The van der Waals surface area contributed by atoms with E-state index in [1.807, 2.05) is 60.7 Å². The molecule has 0 aliphatic heterocycles. The van der Waals surface area contributed by atoms with Crippen molar-refractivity contribution in [1.82, 2.24) is 49.1 Å². The highest BCUT2D eigenvalue weighted by molar-refractivity contribution is 6.01. The molecule has 56 heavy (non-hydrogen) atoms. The van der Waals surface area contributed by atoms with Gasteiger partial charge in [0.1, 0.15) is 28.8 Å². The third-order valence-electron chi connectivity index (χ3n) is 8.60. The van der Waals surface area contributed by atoms with Crippen LogP contribution in [0.4, 0.5) is 34.6 Å². The van der Waals surface area contributed by atoms with Crippen LogP contribution in [-0.4, -0.2) is 75.2 Å². The summed E-state index contributed by atoms with van der Waals surface area (Å²) in [5.41, 5.74) is 16.9. The van der Waals surface area contributed by atoms with Crippen molar-refractivity contribution in [1.29, 1.82) is 0 Å². The molecule has 0 radical (unpaired) electrons. The molecule has 20 nitrogen and oxygen atoms in total. The maximum Gasteiger partial charge on any atom is 0.344 e. The lowest BCUT2D eigenvalue weighted by molar-refractivity contribution is 0.0593. The average Bonchev–Trinajstić information content (AvgIpc) is 3.91. The fraction of sp³-hybridized carbons (Fsp3) is 0.167. The molecule has 282 valence electrons. The minimum absolute atomic E-state index is 0.104. The first-order valence-electron chi connectivity index (χ1n) is 16.8. The Morgan fingerprint density at radius 1 is 0.607 bits per heavy atom. The van der Waals surface area contributed by atoms with E-state index in [0.29, 0.717) is 33.9 Å². The van der Waals surface area contributed by atoms with Gasteiger partial charge in [0.15, 0.2) is 46.3 Å². The summed E-state index contributed by atoms with van der Waals surface area (Å²) in [7, 11) is 5.85. The Hall–Kier alpha value is -7.90. The van der Waals surface area contributed by atoms with E-state index in [9.17, 15) is 9.59 Å². The molecule has 0 saturated carbocycles. The summed E-state index contributed by atoms with van der Waals surface area (Å²) in [4.78, 5) is 34.5. The second kappa shape index (κ2) is 14.9. The van der Waals surface area contributed by atoms with Crippen molar-refractivity contribution in [3.8, 4) is 34.2 Å². The molecule has 0 saturated heterocycles. The Morgan fingerprint density at radius 2 is 1.00 bits per heavy atom. The van der Waals surface area contributed by atoms with Gasteiger partial charge in [-0.15, -0.1) is 20.5 Å². The van der Waals surface area contributed by atoms with Crippen molar-refractivity contribution in [2.24, 2.45) is 34.6 Å². The van der Waals surface area contributed by atoms with E-state index in [1.54, 1.807) is 34.0 Å². The number of nitrogens with two attached hydrogens (primary N) is 2. The van der Waals surface area contributed by atoms with Crippen LogP contribution in [0.15, 0.2) is 93.5 Å². The summed E-state index contributed by atoms with van der Waals surface area (Å²) in [6.45, 7) is 3.40. The molecule has 5 aromatic heterocycles. The van der Waals surface area contributed by atoms with Crippen molar-refractivity contribution >= 4 is 46.6 Å². The summed E-state index contributed by atoms with van der Waals surface area (Å²) in [6.07, 6.45) is 1.30. The van der Waals surface area contributed by atoms with Crippen molar-refractivity contribution < 1.29 is 19.1 Å².